The summed E-state index contributed by atoms with van der Waals surface area (Å²) in [4.78, 5) is 16.2. The van der Waals surface area contributed by atoms with Gasteiger partial charge >= 0.3 is 5.97 Å². The molecule has 0 bridgehead atoms. The maximum Gasteiger partial charge on any atom is 0.309 e. The predicted octanol–water partition coefficient (Wildman–Crippen LogP) is 2.63. The first kappa shape index (κ1) is 21.2. The third-order valence-corrected chi connectivity index (χ3v) is 6.56. The van der Waals surface area contributed by atoms with Gasteiger partial charge in [0, 0.05) is 31.9 Å². The van der Waals surface area contributed by atoms with E-state index in [4.69, 9.17) is 9.47 Å². The highest BCUT2D eigenvalue weighted by atomic mass is 32.2. The van der Waals surface area contributed by atoms with E-state index in [-0.39, 0.29) is 42.3 Å². The fourth-order valence-corrected chi connectivity index (χ4v) is 4.49. The highest BCUT2D eigenvalue weighted by Gasteiger charge is 2.32. The van der Waals surface area contributed by atoms with E-state index in [1.54, 1.807) is 6.07 Å². The van der Waals surface area contributed by atoms with Crippen LogP contribution in [-0.2, 0) is 19.6 Å². The van der Waals surface area contributed by atoms with Crippen LogP contribution in [0.5, 0.6) is 5.75 Å². The lowest BCUT2D eigenvalue weighted by molar-refractivity contribution is -0.150. The average molecular weight is 422 g/mol. The van der Waals surface area contributed by atoms with E-state index in [1.807, 2.05) is 0 Å². The van der Waals surface area contributed by atoms with Crippen LogP contribution in [0, 0.1) is 11.7 Å². The highest BCUT2D eigenvalue weighted by molar-refractivity contribution is 7.89. The van der Waals surface area contributed by atoms with Crippen LogP contribution in [0.4, 0.5) is 4.39 Å². The Bertz CT molecular complexity index is 898. The quantitative estimate of drug-likeness (QED) is 0.480. The highest BCUT2D eigenvalue weighted by Crippen LogP contribution is 2.24. The maximum atomic E-state index is 12.8. The third-order valence-electron chi connectivity index (χ3n) is 4.67. The number of aromatic nitrogens is 1. The summed E-state index contributed by atoms with van der Waals surface area (Å²) in [6.45, 7) is 1.10. The van der Waals surface area contributed by atoms with Crippen LogP contribution in [-0.4, -0.2) is 50.0 Å². The van der Waals surface area contributed by atoms with E-state index in [0.717, 1.165) is 0 Å². The number of carbonyl (C=O) groups excluding carboxylic acids is 1. The van der Waals surface area contributed by atoms with Crippen molar-refractivity contribution < 1.29 is 27.1 Å². The van der Waals surface area contributed by atoms with E-state index < -0.39 is 10.0 Å². The number of benzene rings is 1. The number of piperidine rings is 1. The molecule has 0 unspecified atom stereocenters. The van der Waals surface area contributed by atoms with Crippen molar-refractivity contribution in [2.45, 2.75) is 24.2 Å². The zero-order chi connectivity index (χ0) is 20.7. The van der Waals surface area contributed by atoms with Crippen LogP contribution in [0.25, 0.3) is 0 Å². The normalized spacial score (nSPS) is 15.8. The van der Waals surface area contributed by atoms with Gasteiger partial charge in [-0.1, -0.05) is 0 Å². The molecular formula is C20H23FN2O5S. The molecule has 1 saturated heterocycles. The number of ether oxygens (including phenoxy) is 2. The van der Waals surface area contributed by atoms with E-state index in [1.165, 1.54) is 47.0 Å². The van der Waals surface area contributed by atoms with Crippen molar-refractivity contribution in [1.82, 2.24) is 9.29 Å². The Kier molecular flexibility index (Phi) is 7.16. The Morgan fingerprint density at radius 3 is 2.52 bits per heavy atom. The number of halogens is 1. The van der Waals surface area contributed by atoms with Gasteiger partial charge in [-0.3, -0.25) is 9.78 Å². The molecule has 29 heavy (non-hydrogen) atoms. The number of pyridine rings is 1. The Morgan fingerprint density at radius 1 is 1.14 bits per heavy atom. The first-order valence-corrected chi connectivity index (χ1v) is 10.9. The first-order chi connectivity index (χ1) is 14.0. The summed E-state index contributed by atoms with van der Waals surface area (Å²) in [6, 6.07) is 8.79. The summed E-state index contributed by atoms with van der Waals surface area (Å²) in [5, 5.41) is 0. The van der Waals surface area contributed by atoms with Gasteiger partial charge < -0.3 is 9.47 Å². The standard InChI is InChI=1S/C20H23FN2O5S/c21-17-4-6-18(7-5-17)27-13-2-14-28-20(24)16-8-11-23(12-9-16)29(25,26)19-3-1-10-22-15-19/h1,3-7,10,15-16H,2,8-9,11-14H2. The zero-order valence-corrected chi connectivity index (χ0v) is 16.7. The first-order valence-electron chi connectivity index (χ1n) is 9.42. The van der Waals surface area contributed by atoms with Gasteiger partial charge in [-0.15, -0.1) is 0 Å². The lowest BCUT2D eigenvalue weighted by atomic mass is 9.98. The predicted molar refractivity (Wildman–Crippen MR) is 103 cm³/mol. The van der Waals surface area contributed by atoms with Crippen molar-refractivity contribution in [3.63, 3.8) is 0 Å². The van der Waals surface area contributed by atoms with Gasteiger partial charge in [0.25, 0.3) is 0 Å². The number of nitrogens with zero attached hydrogens (tertiary/aromatic N) is 2. The number of carbonyl (C=O) groups is 1. The second kappa shape index (κ2) is 9.80. The van der Waals surface area contributed by atoms with Gasteiger partial charge in [-0.2, -0.15) is 4.31 Å². The van der Waals surface area contributed by atoms with Gasteiger partial charge in [-0.05, 0) is 49.2 Å². The number of sulfonamides is 1. The minimum absolute atomic E-state index is 0.155. The van der Waals surface area contributed by atoms with Gasteiger partial charge in [0.1, 0.15) is 16.5 Å². The van der Waals surface area contributed by atoms with Crippen molar-refractivity contribution in [3.8, 4) is 5.75 Å². The second-order valence-corrected chi connectivity index (χ2v) is 8.63. The molecule has 3 rings (SSSR count). The Hall–Kier alpha value is -2.52. The lowest BCUT2D eigenvalue weighted by Gasteiger charge is -2.30. The molecule has 156 valence electrons. The van der Waals surface area contributed by atoms with Gasteiger partial charge in [-0.25, -0.2) is 12.8 Å². The largest absolute Gasteiger partial charge is 0.493 e. The van der Waals surface area contributed by atoms with Crippen molar-refractivity contribution in [2.24, 2.45) is 5.92 Å². The molecule has 0 radical (unpaired) electrons. The molecular weight excluding hydrogens is 399 g/mol. The van der Waals surface area contributed by atoms with Gasteiger partial charge in [0.15, 0.2) is 0 Å². The molecule has 0 N–H and O–H groups in total. The van der Waals surface area contributed by atoms with Crippen LogP contribution in [0.3, 0.4) is 0 Å². The molecule has 7 nitrogen and oxygen atoms in total. The SMILES string of the molecule is O=C(OCCCOc1ccc(F)cc1)C1CCN(S(=O)(=O)c2cccnc2)CC1. The summed E-state index contributed by atoms with van der Waals surface area (Å²) >= 11 is 0. The summed E-state index contributed by atoms with van der Waals surface area (Å²) in [5.41, 5.74) is 0. The molecule has 0 spiro atoms. The number of rotatable bonds is 8. The summed E-state index contributed by atoms with van der Waals surface area (Å²) in [6.07, 6.45) is 4.20. The van der Waals surface area contributed by atoms with Crippen LogP contribution in [0.15, 0.2) is 53.7 Å². The summed E-state index contributed by atoms with van der Waals surface area (Å²) in [5.74, 6) is -0.399. The zero-order valence-electron chi connectivity index (χ0n) is 15.9. The fraction of sp³-hybridized carbons (Fsp3) is 0.400. The third kappa shape index (κ3) is 5.74. The molecule has 2 aromatic rings. The van der Waals surface area contributed by atoms with Crippen molar-refractivity contribution in [1.29, 1.82) is 0 Å². The minimum atomic E-state index is -3.59. The van der Waals surface area contributed by atoms with Crippen molar-refractivity contribution >= 4 is 16.0 Å². The molecule has 1 aromatic carbocycles. The Balaban J connectivity index is 1.37. The topological polar surface area (TPSA) is 85.8 Å². The monoisotopic (exact) mass is 422 g/mol. The molecule has 0 atom stereocenters. The van der Waals surface area contributed by atoms with E-state index in [2.05, 4.69) is 4.98 Å². The Labute approximate surface area is 169 Å². The van der Waals surface area contributed by atoms with E-state index in [9.17, 15) is 17.6 Å². The number of esters is 1. The van der Waals surface area contributed by atoms with Gasteiger partial charge in [0.2, 0.25) is 10.0 Å². The van der Waals surface area contributed by atoms with E-state index in [0.29, 0.717) is 31.6 Å². The molecule has 1 aromatic heterocycles. The Morgan fingerprint density at radius 2 is 1.86 bits per heavy atom. The van der Waals surface area contributed by atoms with Crippen LogP contribution < -0.4 is 4.74 Å². The molecule has 1 aliphatic rings. The maximum absolute atomic E-state index is 12.8. The number of hydrogen-bond donors (Lipinski definition) is 0. The fourth-order valence-electron chi connectivity index (χ4n) is 3.05. The van der Waals surface area contributed by atoms with Crippen LogP contribution >= 0.6 is 0 Å². The molecule has 0 aliphatic carbocycles. The number of hydrogen-bond acceptors (Lipinski definition) is 6. The molecule has 1 aliphatic heterocycles. The second-order valence-electron chi connectivity index (χ2n) is 6.69. The van der Waals surface area contributed by atoms with Crippen LogP contribution in [0.2, 0.25) is 0 Å². The lowest BCUT2D eigenvalue weighted by Crippen LogP contribution is -2.40. The average Bonchev–Trinajstić information content (AvgIpc) is 2.75. The smallest absolute Gasteiger partial charge is 0.309 e. The molecule has 0 amide bonds. The summed E-state index contributed by atoms with van der Waals surface area (Å²) in [7, 11) is -3.59. The molecule has 1 fully saturated rings. The van der Waals surface area contributed by atoms with Crippen LogP contribution in [0.1, 0.15) is 19.3 Å². The summed E-state index contributed by atoms with van der Waals surface area (Å²) < 4.78 is 50.1. The minimum Gasteiger partial charge on any atom is -0.493 e. The van der Waals surface area contributed by atoms with E-state index >= 15 is 0 Å². The van der Waals surface area contributed by atoms with Crippen molar-refractivity contribution in [3.05, 3.63) is 54.6 Å². The molecule has 0 saturated carbocycles. The van der Waals surface area contributed by atoms with Gasteiger partial charge in [0.05, 0.1) is 19.1 Å². The van der Waals surface area contributed by atoms with Crippen molar-refractivity contribution in [2.75, 3.05) is 26.3 Å². The molecule has 9 heteroatoms. The molecule has 2 heterocycles.